The van der Waals surface area contributed by atoms with Crippen molar-refractivity contribution in [3.8, 4) is 5.75 Å². The van der Waals surface area contributed by atoms with Gasteiger partial charge in [0.1, 0.15) is 5.75 Å². The lowest BCUT2D eigenvalue weighted by atomic mass is 10.1. The van der Waals surface area contributed by atoms with Crippen molar-refractivity contribution in [3.63, 3.8) is 0 Å². The van der Waals surface area contributed by atoms with E-state index in [4.69, 9.17) is 5.11 Å². The topological polar surface area (TPSA) is 77.8 Å². The molecule has 0 unspecified atom stereocenters. The Bertz CT molecular complexity index is 457. The Kier molecular flexibility index (Phi) is 5.36. The van der Waals surface area contributed by atoms with Crippen LogP contribution in [0.15, 0.2) is 24.3 Å². The molecule has 19 heavy (non-hydrogen) atoms. The van der Waals surface area contributed by atoms with Gasteiger partial charge in [0.2, 0.25) is 0 Å². The normalized spacial score (nSPS) is 10.5. The third kappa shape index (κ3) is 4.28. The summed E-state index contributed by atoms with van der Waals surface area (Å²) < 4.78 is 0. The van der Waals surface area contributed by atoms with E-state index in [2.05, 4.69) is 0 Å². The van der Waals surface area contributed by atoms with Crippen molar-refractivity contribution in [3.05, 3.63) is 29.8 Å². The predicted octanol–water partition coefficient (Wildman–Crippen LogP) is 2.11. The highest BCUT2D eigenvalue weighted by molar-refractivity contribution is 5.97. The Morgan fingerprint density at radius 3 is 2.42 bits per heavy atom. The van der Waals surface area contributed by atoms with Gasteiger partial charge in [-0.25, -0.2) is 0 Å². The van der Waals surface area contributed by atoms with E-state index < -0.39 is 5.97 Å². The number of hydrogen-bond donors (Lipinski definition) is 2. The number of carboxylic acids is 1. The number of phenolic OH excluding ortho intramolecular Hbond substituents is 1. The number of aromatic hydroxyl groups is 1. The maximum atomic E-state index is 12.3. The average Bonchev–Trinajstić information content (AvgIpc) is 2.33. The molecule has 2 N–H and O–H groups in total. The van der Waals surface area contributed by atoms with Gasteiger partial charge in [0.05, 0.1) is 5.56 Å². The van der Waals surface area contributed by atoms with Crippen molar-refractivity contribution in [1.82, 2.24) is 4.90 Å². The molecule has 0 fully saturated rings. The number of para-hydroxylation sites is 1. The molecule has 1 amide bonds. The number of carboxylic acid groups (broad SMARTS) is 1. The summed E-state index contributed by atoms with van der Waals surface area (Å²) in [6.45, 7) is 4.08. The maximum absolute atomic E-state index is 12.3. The largest absolute Gasteiger partial charge is 0.507 e. The first-order chi connectivity index (χ1) is 8.93. The molecular weight excluding hydrogens is 246 g/mol. The number of amides is 1. The van der Waals surface area contributed by atoms with Crippen molar-refractivity contribution in [2.24, 2.45) is 0 Å². The van der Waals surface area contributed by atoms with E-state index in [-0.39, 0.29) is 29.7 Å². The Morgan fingerprint density at radius 2 is 1.89 bits per heavy atom. The van der Waals surface area contributed by atoms with Crippen LogP contribution in [0.25, 0.3) is 0 Å². The summed E-state index contributed by atoms with van der Waals surface area (Å²) in [5.74, 6) is -1.21. The summed E-state index contributed by atoms with van der Waals surface area (Å²) in [6, 6.07) is 6.30. The molecule has 0 bridgehead atoms. The lowest BCUT2D eigenvalue weighted by Crippen LogP contribution is -2.37. The standard InChI is InChI=1S/C14H19NO4/c1-10(2)15(9-5-8-13(17)18)14(19)11-6-3-4-7-12(11)16/h3-4,6-7,10,16H,5,8-9H2,1-2H3,(H,17,18). The van der Waals surface area contributed by atoms with Gasteiger partial charge in [-0.05, 0) is 32.4 Å². The molecule has 1 rings (SSSR count). The molecule has 0 aliphatic carbocycles. The fraction of sp³-hybridized carbons (Fsp3) is 0.429. The molecule has 1 aromatic rings. The van der Waals surface area contributed by atoms with E-state index in [9.17, 15) is 14.7 Å². The van der Waals surface area contributed by atoms with Gasteiger partial charge < -0.3 is 15.1 Å². The Morgan fingerprint density at radius 1 is 1.26 bits per heavy atom. The molecule has 0 radical (unpaired) electrons. The number of rotatable bonds is 6. The van der Waals surface area contributed by atoms with Crippen molar-refractivity contribution < 1.29 is 19.8 Å². The van der Waals surface area contributed by atoms with Crippen LogP contribution in [-0.4, -0.2) is 39.6 Å². The third-order valence-corrected chi connectivity index (χ3v) is 2.81. The second-order valence-corrected chi connectivity index (χ2v) is 4.61. The fourth-order valence-corrected chi connectivity index (χ4v) is 1.80. The fourth-order valence-electron chi connectivity index (χ4n) is 1.80. The molecule has 0 atom stereocenters. The van der Waals surface area contributed by atoms with Gasteiger partial charge in [-0.3, -0.25) is 9.59 Å². The van der Waals surface area contributed by atoms with Crippen molar-refractivity contribution in [2.45, 2.75) is 32.7 Å². The highest BCUT2D eigenvalue weighted by atomic mass is 16.4. The molecule has 0 spiro atoms. The van der Waals surface area contributed by atoms with Crippen LogP contribution in [-0.2, 0) is 4.79 Å². The van der Waals surface area contributed by atoms with Gasteiger partial charge in [0.25, 0.3) is 5.91 Å². The molecule has 0 saturated heterocycles. The predicted molar refractivity (Wildman–Crippen MR) is 71.1 cm³/mol. The van der Waals surface area contributed by atoms with Gasteiger partial charge in [0.15, 0.2) is 0 Å². The monoisotopic (exact) mass is 265 g/mol. The minimum atomic E-state index is -0.876. The summed E-state index contributed by atoms with van der Waals surface area (Å²) in [5.41, 5.74) is 0.242. The van der Waals surface area contributed by atoms with Gasteiger partial charge >= 0.3 is 5.97 Å². The van der Waals surface area contributed by atoms with Gasteiger partial charge in [0, 0.05) is 19.0 Å². The smallest absolute Gasteiger partial charge is 0.303 e. The number of carbonyl (C=O) groups is 2. The molecule has 0 saturated carbocycles. The highest BCUT2D eigenvalue weighted by Gasteiger charge is 2.20. The number of benzene rings is 1. The van der Waals surface area contributed by atoms with Crippen LogP contribution in [0.4, 0.5) is 0 Å². The number of nitrogens with zero attached hydrogens (tertiary/aromatic N) is 1. The van der Waals surface area contributed by atoms with E-state index in [1.54, 1.807) is 23.1 Å². The zero-order chi connectivity index (χ0) is 14.4. The van der Waals surface area contributed by atoms with Crippen LogP contribution >= 0.6 is 0 Å². The average molecular weight is 265 g/mol. The van der Waals surface area contributed by atoms with E-state index in [1.807, 2.05) is 13.8 Å². The molecule has 5 heteroatoms. The second kappa shape index (κ2) is 6.78. The first kappa shape index (κ1) is 15.0. The first-order valence-electron chi connectivity index (χ1n) is 6.24. The van der Waals surface area contributed by atoms with E-state index >= 15 is 0 Å². The van der Waals surface area contributed by atoms with Crippen molar-refractivity contribution in [2.75, 3.05) is 6.54 Å². The molecule has 5 nitrogen and oxygen atoms in total. The number of hydrogen-bond acceptors (Lipinski definition) is 3. The quantitative estimate of drug-likeness (QED) is 0.825. The number of aliphatic carboxylic acids is 1. The van der Waals surface area contributed by atoms with Gasteiger partial charge in [-0.1, -0.05) is 12.1 Å². The number of carbonyl (C=O) groups excluding carboxylic acids is 1. The van der Waals surface area contributed by atoms with Crippen LogP contribution in [0, 0.1) is 0 Å². The zero-order valence-electron chi connectivity index (χ0n) is 11.2. The van der Waals surface area contributed by atoms with Crippen LogP contribution in [0.5, 0.6) is 5.75 Å². The van der Waals surface area contributed by atoms with Crippen LogP contribution in [0.1, 0.15) is 37.0 Å². The Labute approximate surface area is 112 Å². The maximum Gasteiger partial charge on any atom is 0.303 e. The van der Waals surface area contributed by atoms with Crippen molar-refractivity contribution >= 4 is 11.9 Å². The zero-order valence-corrected chi connectivity index (χ0v) is 11.2. The Hall–Kier alpha value is -2.04. The van der Waals surface area contributed by atoms with Crippen LogP contribution in [0.2, 0.25) is 0 Å². The highest BCUT2D eigenvalue weighted by Crippen LogP contribution is 2.19. The summed E-state index contributed by atoms with van der Waals surface area (Å²) in [5, 5.41) is 18.3. The van der Waals surface area contributed by atoms with Gasteiger partial charge in [-0.15, -0.1) is 0 Å². The SMILES string of the molecule is CC(C)N(CCCC(=O)O)C(=O)c1ccccc1O. The molecule has 0 aliphatic rings. The molecule has 1 aromatic carbocycles. The van der Waals surface area contributed by atoms with Crippen LogP contribution < -0.4 is 0 Å². The van der Waals surface area contributed by atoms with Crippen molar-refractivity contribution in [1.29, 1.82) is 0 Å². The Balaban J connectivity index is 2.79. The van der Waals surface area contributed by atoms with E-state index in [0.29, 0.717) is 13.0 Å². The molecule has 0 aliphatic heterocycles. The number of phenols is 1. The second-order valence-electron chi connectivity index (χ2n) is 4.61. The lowest BCUT2D eigenvalue weighted by molar-refractivity contribution is -0.137. The van der Waals surface area contributed by atoms with E-state index in [1.165, 1.54) is 6.07 Å². The van der Waals surface area contributed by atoms with E-state index in [0.717, 1.165) is 0 Å². The minimum Gasteiger partial charge on any atom is -0.507 e. The summed E-state index contributed by atoms with van der Waals surface area (Å²) in [4.78, 5) is 24.4. The summed E-state index contributed by atoms with van der Waals surface area (Å²) in [7, 11) is 0. The molecular formula is C14H19NO4. The molecule has 104 valence electrons. The van der Waals surface area contributed by atoms with Crippen LogP contribution in [0.3, 0.4) is 0 Å². The lowest BCUT2D eigenvalue weighted by Gasteiger charge is -2.27. The molecule has 0 heterocycles. The third-order valence-electron chi connectivity index (χ3n) is 2.81. The minimum absolute atomic E-state index is 0.0251. The van der Waals surface area contributed by atoms with Gasteiger partial charge in [-0.2, -0.15) is 0 Å². The summed E-state index contributed by atoms with van der Waals surface area (Å²) >= 11 is 0. The first-order valence-corrected chi connectivity index (χ1v) is 6.24. The molecule has 0 aromatic heterocycles. The summed E-state index contributed by atoms with van der Waals surface area (Å²) in [6.07, 6.45) is 0.421.